The highest BCUT2D eigenvalue weighted by Crippen LogP contribution is 2.12. The van der Waals surface area contributed by atoms with E-state index in [1.54, 1.807) is 11.0 Å². The maximum atomic E-state index is 8.80. The van der Waals surface area contributed by atoms with Crippen LogP contribution in [0, 0.1) is 29.6 Å². The van der Waals surface area contributed by atoms with E-state index in [1.165, 1.54) is 0 Å². The first kappa shape index (κ1) is 11.9. The third kappa shape index (κ3) is 2.68. The van der Waals surface area contributed by atoms with Crippen molar-refractivity contribution in [2.75, 3.05) is 11.9 Å². The van der Waals surface area contributed by atoms with E-state index < -0.39 is 0 Å². The first-order valence-electron chi connectivity index (χ1n) is 4.94. The normalized spacial score (nSPS) is 11.3. The molecule has 0 aliphatic carbocycles. The van der Waals surface area contributed by atoms with Gasteiger partial charge in [0.15, 0.2) is 0 Å². The van der Waals surface area contributed by atoms with Crippen molar-refractivity contribution >= 4 is 5.95 Å². The zero-order valence-electron chi connectivity index (χ0n) is 9.60. The number of aryl methyl sites for hydroxylation is 1. The van der Waals surface area contributed by atoms with Crippen LogP contribution in [-0.4, -0.2) is 23.1 Å². The van der Waals surface area contributed by atoms with E-state index in [1.807, 2.05) is 27.0 Å². The summed E-state index contributed by atoms with van der Waals surface area (Å²) in [6.07, 6.45) is 0.399. The van der Waals surface area contributed by atoms with Crippen molar-refractivity contribution < 1.29 is 0 Å². The summed E-state index contributed by atoms with van der Waals surface area (Å²) in [4.78, 5) is 10.1. The first-order valence-corrected chi connectivity index (χ1v) is 4.94. The maximum absolute atomic E-state index is 8.80. The first-order chi connectivity index (χ1) is 7.58. The predicted molar refractivity (Wildman–Crippen MR) is 59.6 cm³/mol. The molecule has 0 saturated carbocycles. The summed E-state index contributed by atoms with van der Waals surface area (Å²) >= 11 is 0. The van der Waals surface area contributed by atoms with Crippen molar-refractivity contribution in [2.24, 2.45) is 0 Å². The Labute approximate surface area is 95.0 Å². The lowest BCUT2D eigenvalue weighted by Gasteiger charge is -2.22. The Morgan fingerprint density at radius 3 is 2.69 bits per heavy atom. The van der Waals surface area contributed by atoms with Gasteiger partial charge in [-0.2, -0.15) is 10.5 Å². The fourth-order valence-electron chi connectivity index (χ4n) is 1.23. The molecule has 1 heterocycles. The zero-order valence-corrected chi connectivity index (χ0v) is 9.60. The number of anilines is 1. The molecular weight excluding hydrogens is 202 g/mol. The van der Waals surface area contributed by atoms with Gasteiger partial charge in [-0.05, 0) is 19.9 Å². The Kier molecular flexibility index (Phi) is 3.79. The van der Waals surface area contributed by atoms with Crippen LogP contribution in [0.2, 0.25) is 0 Å². The summed E-state index contributed by atoms with van der Waals surface area (Å²) in [5.74, 6) is 0.485. The maximum Gasteiger partial charge on any atom is 0.226 e. The monoisotopic (exact) mass is 215 g/mol. The van der Waals surface area contributed by atoms with Crippen molar-refractivity contribution in [2.45, 2.75) is 26.3 Å². The van der Waals surface area contributed by atoms with Crippen molar-refractivity contribution in [3.8, 4) is 12.1 Å². The molecule has 1 atom stereocenters. The Morgan fingerprint density at radius 2 is 2.12 bits per heavy atom. The van der Waals surface area contributed by atoms with Crippen LogP contribution in [0.4, 0.5) is 5.95 Å². The Balaban J connectivity index is 3.00. The largest absolute Gasteiger partial charge is 0.340 e. The van der Waals surface area contributed by atoms with Gasteiger partial charge in [0, 0.05) is 18.8 Å². The van der Waals surface area contributed by atoms with Crippen LogP contribution in [0.25, 0.3) is 0 Å². The third-order valence-corrected chi connectivity index (χ3v) is 2.32. The second kappa shape index (κ2) is 5.09. The van der Waals surface area contributed by atoms with Crippen LogP contribution in [-0.2, 0) is 0 Å². The molecule has 0 aliphatic rings. The molecule has 0 spiro atoms. The Morgan fingerprint density at radius 1 is 1.44 bits per heavy atom. The minimum atomic E-state index is 0.0262. The van der Waals surface area contributed by atoms with Crippen LogP contribution < -0.4 is 4.90 Å². The van der Waals surface area contributed by atoms with Crippen molar-refractivity contribution in [1.82, 2.24) is 9.97 Å². The van der Waals surface area contributed by atoms with Gasteiger partial charge < -0.3 is 4.90 Å². The fraction of sp³-hybridized carbons (Fsp3) is 0.455. The molecule has 1 aromatic rings. The van der Waals surface area contributed by atoms with E-state index in [-0.39, 0.29) is 6.04 Å². The van der Waals surface area contributed by atoms with Crippen LogP contribution in [0.1, 0.15) is 24.7 Å². The molecule has 1 unspecified atom stereocenters. The minimum Gasteiger partial charge on any atom is -0.340 e. The predicted octanol–water partition coefficient (Wildman–Crippen LogP) is 1.40. The van der Waals surface area contributed by atoms with Crippen LogP contribution in [0.5, 0.6) is 0 Å². The average Bonchev–Trinajstić information content (AvgIpc) is 2.27. The number of hydrogen-bond acceptors (Lipinski definition) is 5. The average molecular weight is 215 g/mol. The molecule has 0 bridgehead atoms. The molecule has 0 saturated heterocycles. The second-order valence-electron chi connectivity index (χ2n) is 3.63. The lowest BCUT2D eigenvalue weighted by Crippen LogP contribution is -2.30. The summed E-state index contributed by atoms with van der Waals surface area (Å²) < 4.78 is 0. The standard InChI is InChI=1S/C11H13N5/c1-8-6-10(7-13)15-11(14-8)16(3)9(2)4-5-12/h6,9H,4H2,1-3H3. The number of rotatable bonds is 3. The molecule has 0 amide bonds. The van der Waals surface area contributed by atoms with Crippen LogP contribution >= 0.6 is 0 Å². The van der Waals surface area contributed by atoms with Crippen molar-refractivity contribution in [3.05, 3.63) is 17.5 Å². The molecule has 82 valence electrons. The van der Waals surface area contributed by atoms with Crippen molar-refractivity contribution in [3.63, 3.8) is 0 Å². The number of hydrogen-bond donors (Lipinski definition) is 0. The molecule has 0 aromatic carbocycles. The highest BCUT2D eigenvalue weighted by atomic mass is 15.2. The van der Waals surface area contributed by atoms with E-state index in [0.29, 0.717) is 18.1 Å². The molecule has 16 heavy (non-hydrogen) atoms. The van der Waals surface area contributed by atoms with Gasteiger partial charge in [-0.3, -0.25) is 0 Å². The molecule has 0 aliphatic heterocycles. The van der Waals surface area contributed by atoms with Gasteiger partial charge in [0.2, 0.25) is 5.95 Å². The van der Waals surface area contributed by atoms with Gasteiger partial charge in [-0.1, -0.05) is 0 Å². The van der Waals surface area contributed by atoms with Gasteiger partial charge in [0.1, 0.15) is 11.8 Å². The Hall–Kier alpha value is -2.14. The quantitative estimate of drug-likeness (QED) is 0.761. The zero-order chi connectivity index (χ0) is 12.1. The summed E-state index contributed by atoms with van der Waals surface area (Å²) in [6, 6.07) is 5.75. The fourth-order valence-corrected chi connectivity index (χ4v) is 1.23. The lowest BCUT2D eigenvalue weighted by atomic mass is 10.2. The molecule has 0 N–H and O–H groups in total. The van der Waals surface area contributed by atoms with E-state index >= 15 is 0 Å². The summed E-state index contributed by atoms with van der Waals surface area (Å²) in [6.45, 7) is 3.73. The lowest BCUT2D eigenvalue weighted by molar-refractivity contribution is 0.681. The number of nitriles is 2. The third-order valence-electron chi connectivity index (χ3n) is 2.32. The van der Waals surface area contributed by atoms with E-state index in [0.717, 1.165) is 5.69 Å². The number of aromatic nitrogens is 2. The highest BCUT2D eigenvalue weighted by Gasteiger charge is 2.13. The smallest absolute Gasteiger partial charge is 0.226 e. The van der Waals surface area contributed by atoms with E-state index in [2.05, 4.69) is 16.0 Å². The molecule has 5 nitrogen and oxygen atoms in total. The van der Waals surface area contributed by atoms with Crippen molar-refractivity contribution in [1.29, 1.82) is 10.5 Å². The Bertz CT molecular complexity index is 454. The molecule has 1 rings (SSSR count). The molecular formula is C11H13N5. The summed E-state index contributed by atoms with van der Waals surface area (Å²) in [5, 5.41) is 17.4. The number of nitrogens with zero attached hydrogens (tertiary/aromatic N) is 5. The summed E-state index contributed by atoms with van der Waals surface area (Å²) in [7, 11) is 1.82. The van der Waals surface area contributed by atoms with Gasteiger partial charge in [-0.15, -0.1) is 0 Å². The van der Waals surface area contributed by atoms with E-state index in [9.17, 15) is 0 Å². The van der Waals surface area contributed by atoms with Crippen LogP contribution in [0.3, 0.4) is 0 Å². The molecule has 0 radical (unpaired) electrons. The topological polar surface area (TPSA) is 76.6 Å². The minimum absolute atomic E-state index is 0.0262. The van der Waals surface area contributed by atoms with Gasteiger partial charge >= 0.3 is 0 Å². The highest BCUT2D eigenvalue weighted by molar-refractivity contribution is 5.36. The molecule has 5 heteroatoms. The molecule has 0 fully saturated rings. The molecule has 1 aromatic heterocycles. The SMILES string of the molecule is Cc1cc(C#N)nc(N(C)C(C)CC#N)n1. The van der Waals surface area contributed by atoms with E-state index in [4.69, 9.17) is 10.5 Å². The van der Waals surface area contributed by atoms with Gasteiger partial charge in [0.05, 0.1) is 12.5 Å². The van der Waals surface area contributed by atoms with Gasteiger partial charge in [-0.25, -0.2) is 9.97 Å². The van der Waals surface area contributed by atoms with Crippen LogP contribution in [0.15, 0.2) is 6.07 Å². The summed E-state index contributed by atoms with van der Waals surface area (Å²) in [5.41, 5.74) is 1.09. The van der Waals surface area contributed by atoms with Gasteiger partial charge in [0.25, 0.3) is 0 Å². The second-order valence-corrected chi connectivity index (χ2v) is 3.63.